The average molecular weight is 457 g/mol. The minimum atomic E-state index is -2.97. The Bertz CT molecular complexity index is 1260. The van der Waals surface area contributed by atoms with Crippen LogP contribution in [0.3, 0.4) is 0 Å². The lowest BCUT2D eigenvalue weighted by Crippen LogP contribution is -2.19. The predicted molar refractivity (Wildman–Crippen MR) is 116 cm³/mol. The molecule has 0 saturated carbocycles. The Kier molecular flexibility index (Phi) is 5.99. The Hall–Kier alpha value is -3.95. The molecule has 4 rings (SSSR count). The van der Waals surface area contributed by atoms with Gasteiger partial charge in [-0.05, 0) is 37.3 Å². The zero-order valence-corrected chi connectivity index (χ0v) is 17.4. The Morgan fingerprint density at radius 1 is 1.18 bits per heavy atom. The van der Waals surface area contributed by atoms with Gasteiger partial charge in [0.25, 0.3) is 6.43 Å². The number of nitrogens with zero attached hydrogens (tertiary/aromatic N) is 2. The van der Waals surface area contributed by atoms with Crippen LogP contribution in [0.4, 0.5) is 23.4 Å². The molecule has 10 heteroatoms. The number of fused-ring (bicyclic) bond motifs is 5. The number of hydrogen-bond donors (Lipinski definition) is 3. The van der Waals surface area contributed by atoms with Crippen molar-refractivity contribution in [1.82, 2.24) is 15.3 Å². The molecule has 1 unspecified atom stereocenters. The highest BCUT2D eigenvalue weighted by Gasteiger charge is 2.23. The molecule has 0 spiro atoms. The number of nitrogens with one attached hydrogen (secondary N) is 2. The molecule has 1 aliphatic heterocycles. The summed E-state index contributed by atoms with van der Waals surface area (Å²) in [7, 11) is 0. The van der Waals surface area contributed by atoms with Gasteiger partial charge in [-0.1, -0.05) is 0 Å². The van der Waals surface area contributed by atoms with Gasteiger partial charge in [-0.25, -0.2) is 22.5 Å². The van der Waals surface area contributed by atoms with Crippen molar-refractivity contribution in [2.24, 2.45) is 0 Å². The quantitative estimate of drug-likeness (QED) is 0.377. The fraction of sp³-hybridized carbons (Fsp3) is 0.174. The van der Waals surface area contributed by atoms with Crippen LogP contribution in [0.25, 0.3) is 17.0 Å². The second-order valence-corrected chi connectivity index (χ2v) is 7.39. The van der Waals surface area contributed by atoms with E-state index < -0.39 is 29.7 Å². The summed E-state index contributed by atoms with van der Waals surface area (Å²) in [6.45, 7) is 1.56. The summed E-state index contributed by atoms with van der Waals surface area (Å²) < 4.78 is 61.6. The monoisotopic (exact) mass is 457 g/mol. The number of nitrogen functional groups attached to an aromatic ring is 1. The lowest BCUT2D eigenvalue weighted by Gasteiger charge is -2.23. The smallest absolute Gasteiger partial charge is 0.267 e. The number of hydrogen-bond acceptors (Lipinski definition) is 6. The molecule has 33 heavy (non-hydrogen) atoms. The summed E-state index contributed by atoms with van der Waals surface area (Å²) in [5.41, 5.74) is 7.05. The summed E-state index contributed by atoms with van der Waals surface area (Å²) >= 11 is 0. The van der Waals surface area contributed by atoms with Gasteiger partial charge in [0, 0.05) is 41.2 Å². The van der Waals surface area contributed by atoms with Crippen molar-refractivity contribution in [1.29, 1.82) is 5.41 Å². The number of allylic oxidation sites excluding steroid dienone is 1. The van der Waals surface area contributed by atoms with Crippen LogP contribution in [0.1, 0.15) is 29.7 Å². The van der Waals surface area contributed by atoms with Crippen molar-refractivity contribution in [2.45, 2.75) is 26.0 Å². The Morgan fingerprint density at radius 3 is 2.70 bits per heavy atom. The van der Waals surface area contributed by atoms with Gasteiger partial charge in [0.05, 0.1) is 23.2 Å². The predicted octanol–water partition coefficient (Wildman–Crippen LogP) is 4.87. The molecular formula is C23H19F4N5O. The first-order valence-corrected chi connectivity index (χ1v) is 9.92. The number of halogens is 4. The molecule has 0 saturated heterocycles. The second kappa shape index (κ2) is 8.89. The molecule has 170 valence electrons. The molecular weight excluding hydrogens is 438 g/mol. The lowest BCUT2D eigenvalue weighted by atomic mass is 9.96. The fourth-order valence-corrected chi connectivity index (χ4v) is 3.68. The van der Waals surface area contributed by atoms with E-state index in [1.54, 1.807) is 6.92 Å². The van der Waals surface area contributed by atoms with E-state index in [2.05, 4.69) is 15.3 Å². The largest absolute Gasteiger partial charge is 0.482 e. The van der Waals surface area contributed by atoms with Crippen LogP contribution in [0.5, 0.6) is 5.75 Å². The van der Waals surface area contributed by atoms with Gasteiger partial charge in [0.1, 0.15) is 17.7 Å². The summed E-state index contributed by atoms with van der Waals surface area (Å²) in [5, 5.41) is 10.3. The zero-order valence-electron chi connectivity index (χ0n) is 17.4. The zero-order chi connectivity index (χ0) is 23.7. The fourth-order valence-electron chi connectivity index (χ4n) is 3.68. The molecule has 0 amide bonds. The third kappa shape index (κ3) is 4.36. The number of rotatable bonds is 2. The third-order valence-corrected chi connectivity index (χ3v) is 5.25. The molecule has 2 bridgehead atoms. The average Bonchev–Trinajstić information content (AvgIpc) is 2.77. The molecule has 2 aromatic heterocycles. The Morgan fingerprint density at radius 2 is 1.97 bits per heavy atom. The van der Waals surface area contributed by atoms with Crippen molar-refractivity contribution in [3.63, 3.8) is 0 Å². The molecule has 1 atom stereocenters. The van der Waals surface area contributed by atoms with E-state index in [4.69, 9.17) is 15.9 Å². The van der Waals surface area contributed by atoms with Gasteiger partial charge in [-0.3, -0.25) is 4.98 Å². The summed E-state index contributed by atoms with van der Waals surface area (Å²) in [6.07, 6.45) is -0.876. The number of ether oxygens (including phenoxy) is 1. The van der Waals surface area contributed by atoms with E-state index in [0.29, 0.717) is 28.6 Å². The van der Waals surface area contributed by atoms with Crippen LogP contribution in [0, 0.1) is 17.0 Å². The second-order valence-electron chi connectivity index (χ2n) is 7.39. The van der Waals surface area contributed by atoms with Gasteiger partial charge >= 0.3 is 0 Å². The number of alkyl halides is 2. The highest BCUT2D eigenvalue weighted by atomic mass is 19.3. The van der Waals surface area contributed by atoms with Gasteiger partial charge < -0.3 is 21.2 Å². The van der Waals surface area contributed by atoms with Gasteiger partial charge in [0.2, 0.25) is 0 Å². The molecule has 0 fully saturated rings. The number of nitrogens with two attached hydrogens (primary N) is 1. The maximum absolute atomic E-state index is 14.1. The van der Waals surface area contributed by atoms with Gasteiger partial charge in [-0.2, -0.15) is 0 Å². The van der Waals surface area contributed by atoms with E-state index in [0.717, 1.165) is 6.20 Å². The van der Waals surface area contributed by atoms with E-state index in [1.165, 1.54) is 36.5 Å². The van der Waals surface area contributed by atoms with Crippen molar-refractivity contribution < 1.29 is 22.3 Å². The first kappa shape index (κ1) is 22.3. The molecule has 4 N–H and O–H groups in total. The maximum atomic E-state index is 14.1. The number of pyridine rings is 2. The van der Waals surface area contributed by atoms with E-state index in [-0.39, 0.29) is 29.4 Å². The molecule has 1 aliphatic rings. The first-order valence-electron chi connectivity index (χ1n) is 9.92. The van der Waals surface area contributed by atoms with Crippen LogP contribution < -0.4 is 15.8 Å². The highest BCUT2D eigenvalue weighted by Crippen LogP contribution is 2.36. The number of aromatic nitrogens is 2. The molecule has 3 aromatic rings. The van der Waals surface area contributed by atoms with Crippen molar-refractivity contribution >= 4 is 17.7 Å². The van der Waals surface area contributed by atoms with E-state index in [1.807, 2.05) is 0 Å². The van der Waals surface area contributed by atoms with Crippen molar-refractivity contribution in [3.8, 4) is 17.0 Å². The topological polar surface area (TPSA) is 96.9 Å². The molecule has 6 nitrogen and oxygen atoms in total. The van der Waals surface area contributed by atoms with Crippen LogP contribution in [0.2, 0.25) is 0 Å². The minimum absolute atomic E-state index is 0.00834. The molecule has 0 aliphatic carbocycles. The third-order valence-electron chi connectivity index (χ3n) is 5.25. The Balaban J connectivity index is 1.99. The standard InChI is InChI=1S/C23H19F4N5O/c1-11-17-6-14(24)2-3-16(17)20-12(4-15(25)10-31-20)8-30-21(18(7-28)22(26)27)13-5-19(33-11)23(29)32-9-13/h2-7,9-11,22,28,30H,8H2,1H3,(H2,29,32)/b21-18+,28-7?. The Labute approximate surface area is 186 Å². The summed E-state index contributed by atoms with van der Waals surface area (Å²) in [4.78, 5) is 8.22. The normalized spacial score (nSPS) is 17.0. The maximum Gasteiger partial charge on any atom is 0.267 e. The van der Waals surface area contributed by atoms with E-state index >= 15 is 0 Å². The lowest BCUT2D eigenvalue weighted by molar-refractivity contribution is 0.197. The summed E-state index contributed by atoms with van der Waals surface area (Å²) in [5.74, 6) is -1.02. The highest BCUT2D eigenvalue weighted by molar-refractivity contribution is 5.90. The SMILES string of the molecule is CC1Oc2cc(cnc2N)/C(=C(/C=N)C(F)F)NCc2cc(F)cnc2-c2ccc(F)cc21. The molecule has 3 heterocycles. The van der Waals surface area contributed by atoms with Crippen molar-refractivity contribution in [2.75, 3.05) is 5.73 Å². The van der Waals surface area contributed by atoms with Crippen LogP contribution in [-0.4, -0.2) is 22.6 Å². The minimum Gasteiger partial charge on any atom is -0.482 e. The van der Waals surface area contributed by atoms with Gasteiger partial charge in [-0.15, -0.1) is 0 Å². The number of benzene rings is 1. The molecule has 0 radical (unpaired) electrons. The van der Waals surface area contributed by atoms with Gasteiger partial charge in [0.15, 0.2) is 11.6 Å². The molecule has 1 aromatic carbocycles. The van der Waals surface area contributed by atoms with Crippen molar-refractivity contribution in [3.05, 3.63) is 76.6 Å². The van der Waals surface area contributed by atoms with Crippen LogP contribution in [0.15, 0.2) is 48.3 Å². The first-order chi connectivity index (χ1) is 15.8. The van der Waals surface area contributed by atoms with Crippen LogP contribution in [-0.2, 0) is 6.54 Å². The van der Waals surface area contributed by atoms with Crippen LogP contribution >= 0.6 is 0 Å². The van der Waals surface area contributed by atoms with E-state index in [9.17, 15) is 17.6 Å². The summed E-state index contributed by atoms with van der Waals surface area (Å²) in [6, 6.07) is 6.66. The number of anilines is 1.